The number of hydrogen-bond donors (Lipinski definition) is 2. The lowest BCUT2D eigenvalue weighted by molar-refractivity contribution is -0.0306. The monoisotopic (exact) mass is 291 g/mol. The number of nitrogens with one attached hydrogen (secondary N) is 1. The Labute approximate surface area is 128 Å². The molecule has 0 aliphatic heterocycles. The van der Waals surface area contributed by atoms with Crippen molar-refractivity contribution in [1.29, 1.82) is 0 Å². The maximum absolute atomic E-state index is 9.39. The number of rotatable bonds is 8. The molecule has 0 saturated heterocycles. The van der Waals surface area contributed by atoms with Crippen LogP contribution in [0.2, 0.25) is 0 Å². The molecule has 3 nitrogen and oxygen atoms in total. The zero-order valence-corrected chi connectivity index (χ0v) is 13.5. The topological polar surface area (TPSA) is 41.5 Å². The molecule has 1 atom stereocenters. The van der Waals surface area contributed by atoms with E-state index in [2.05, 4.69) is 50.4 Å². The summed E-state index contributed by atoms with van der Waals surface area (Å²) in [6.07, 6.45) is 3.50. The summed E-state index contributed by atoms with van der Waals surface area (Å²) in [5, 5.41) is 12.9. The van der Waals surface area contributed by atoms with Crippen LogP contribution in [0.4, 0.5) is 0 Å². The van der Waals surface area contributed by atoms with Crippen molar-refractivity contribution in [2.24, 2.45) is 5.92 Å². The molecular weight excluding hydrogens is 262 g/mol. The molecule has 21 heavy (non-hydrogen) atoms. The number of hydrogen-bond acceptors (Lipinski definition) is 3. The Morgan fingerprint density at radius 2 is 1.90 bits per heavy atom. The molecule has 2 N–H and O–H groups in total. The Balaban J connectivity index is 1.63. The minimum absolute atomic E-state index is 0.226. The molecule has 1 saturated carbocycles. The van der Waals surface area contributed by atoms with Gasteiger partial charge in [0.25, 0.3) is 0 Å². The molecule has 118 valence electrons. The standard InChI is InChI=1S/C18H29NO2/c1-13(2)8-17(11-20)19-16-9-18(10-16)21-12-15-6-4-14(3)5-7-15/h4-7,13,16-20H,8-12H2,1-3H3/t16?,17-,18?/m1/s1. The molecule has 1 fully saturated rings. The highest BCUT2D eigenvalue weighted by Gasteiger charge is 2.31. The van der Waals surface area contributed by atoms with E-state index >= 15 is 0 Å². The fourth-order valence-corrected chi connectivity index (χ4v) is 2.83. The van der Waals surface area contributed by atoms with Crippen molar-refractivity contribution in [1.82, 2.24) is 5.32 Å². The van der Waals surface area contributed by atoms with E-state index in [4.69, 9.17) is 4.74 Å². The molecule has 0 unspecified atom stereocenters. The highest BCUT2D eigenvalue weighted by atomic mass is 16.5. The van der Waals surface area contributed by atoms with E-state index in [-0.39, 0.29) is 12.6 Å². The summed E-state index contributed by atoms with van der Waals surface area (Å²) in [4.78, 5) is 0. The Kier molecular flexibility index (Phi) is 6.22. The van der Waals surface area contributed by atoms with E-state index in [1.165, 1.54) is 11.1 Å². The van der Waals surface area contributed by atoms with Crippen LogP contribution in [-0.2, 0) is 11.3 Å². The fraction of sp³-hybridized carbons (Fsp3) is 0.667. The zero-order valence-electron chi connectivity index (χ0n) is 13.5. The second-order valence-corrected chi connectivity index (χ2v) is 6.76. The van der Waals surface area contributed by atoms with Crippen molar-refractivity contribution >= 4 is 0 Å². The first-order valence-corrected chi connectivity index (χ1v) is 8.11. The van der Waals surface area contributed by atoms with Crippen molar-refractivity contribution in [2.45, 2.75) is 64.8 Å². The van der Waals surface area contributed by atoms with Crippen LogP contribution >= 0.6 is 0 Å². The molecule has 1 aliphatic carbocycles. The van der Waals surface area contributed by atoms with Crippen molar-refractivity contribution < 1.29 is 9.84 Å². The second-order valence-electron chi connectivity index (χ2n) is 6.76. The molecule has 0 aromatic heterocycles. The normalized spacial score (nSPS) is 23.1. The Bertz CT molecular complexity index is 410. The molecular formula is C18H29NO2. The molecule has 0 spiro atoms. The lowest BCUT2D eigenvalue weighted by atomic mass is 9.88. The zero-order chi connectivity index (χ0) is 15.2. The van der Waals surface area contributed by atoms with Crippen LogP contribution in [0.25, 0.3) is 0 Å². The first kappa shape index (κ1) is 16.5. The van der Waals surface area contributed by atoms with Crippen molar-refractivity contribution in [3.8, 4) is 0 Å². The van der Waals surface area contributed by atoms with Gasteiger partial charge >= 0.3 is 0 Å². The SMILES string of the molecule is Cc1ccc(COC2CC(N[C@@H](CO)CC(C)C)C2)cc1. The smallest absolute Gasteiger partial charge is 0.0720 e. The van der Waals surface area contributed by atoms with Gasteiger partial charge in [0, 0.05) is 12.1 Å². The van der Waals surface area contributed by atoms with Crippen LogP contribution < -0.4 is 5.32 Å². The van der Waals surface area contributed by atoms with E-state index in [1.54, 1.807) is 0 Å². The van der Waals surface area contributed by atoms with Crippen LogP contribution in [-0.4, -0.2) is 29.9 Å². The summed E-state index contributed by atoms with van der Waals surface area (Å²) in [5.74, 6) is 0.614. The highest BCUT2D eigenvalue weighted by molar-refractivity contribution is 5.20. The Morgan fingerprint density at radius 3 is 2.48 bits per heavy atom. The summed E-state index contributed by atoms with van der Waals surface area (Å²) in [7, 11) is 0. The number of aliphatic hydroxyl groups is 1. The molecule has 1 aliphatic rings. The van der Waals surface area contributed by atoms with Crippen LogP contribution in [0.5, 0.6) is 0 Å². The van der Waals surface area contributed by atoms with Gasteiger partial charge < -0.3 is 15.2 Å². The largest absolute Gasteiger partial charge is 0.395 e. The van der Waals surface area contributed by atoms with Gasteiger partial charge in [-0.05, 0) is 37.7 Å². The minimum atomic E-state index is 0.226. The molecule has 3 heteroatoms. The predicted octanol–water partition coefficient (Wildman–Crippen LogP) is 3.04. The first-order valence-electron chi connectivity index (χ1n) is 8.11. The van der Waals surface area contributed by atoms with Gasteiger partial charge in [-0.1, -0.05) is 43.7 Å². The maximum atomic E-state index is 9.39. The summed E-state index contributed by atoms with van der Waals surface area (Å²) in [5.41, 5.74) is 2.52. The lowest BCUT2D eigenvalue weighted by Gasteiger charge is -2.38. The fourth-order valence-electron chi connectivity index (χ4n) is 2.83. The van der Waals surface area contributed by atoms with Gasteiger partial charge in [-0.3, -0.25) is 0 Å². The number of aliphatic hydroxyl groups excluding tert-OH is 1. The maximum Gasteiger partial charge on any atom is 0.0720 e. The van der Waals surface area contributed by atoms with Crippen LogP contribution in [0.1, 0.15) is 44.2 Å². The Hall–Kier alpha value is -0.900. The van der Waals surface area contributed by atoms with Gasteiger partial charge in [0.1, 0.15) is 0 Å². The third kappa shape index (κ3) is 5.42. The molecule has 2 rings (SSSR count). The minimum Gasteiger partial charge on any atom is -0.395 e. The van der Waals surface area contributed by atoms with E-state index in [1.807, 2.05) is 0 Å². The average Bonchev–Trinajstić information content (AvgIpc) is 2.41. The molecule has 0 amide bonds. The molecule has 0 bridgehead atoms. The van der Waals surface area contributed by atoms with E-state index in [9.17, 15) is 5.11 Å². The molecule has 0 heterocycles. The molecule has 1 aromatic rings. The molecule has 0 radical (unpaired) electrons. The van der Waals surface area contributed by atoms with E-state index in [0.717, 1.165) is 19.3 Å². The van der Waals surface area contributed by atoms with Gasteiger partial charge in [-0.15, -0.1) is 0 Å². The predicted molar refractivity (Wildman–Crippen MR) is 86.2 cm³/mol. The number of aryl methyl sites for hydroxylation is 1. The van der Waals surface area contributed by atoms with Crippen molar-refractivity contribution in [3.63, 3.8) is 0 Å². The number of ether oxygens (including phenoxy) is 1. The second kappa shape index (κ2) is 7.92. The van der Waals surface area contributed by atoms with Gasteiger partial charge in [-0.2, -0.15) is 0 Å². The third-order valence-corrected chi connectivity index (χ3v) is 4.15. The highest BCUT2D eigenvalue weighted by Crippen LogP contribution is 2.25. The first-order chi connectivity index (χ1) is 10.1. The van der Waals surface area contributed by atoms with Crippen LogP contribution in [0, 0.1) is 12.8 Å². The van der Waals surface area contributed by atoms with Crippen LogP contribution in [0.15, 0.2) is 24.3 Å². The number of benzene rings is 1. The lowest BCUT2D eigenvalue weighted by Crippen LogP contribution is -2.50. The van der Waals surface area contributed by atoms with Gasteiger partial charge in [0.15, 0.2) is 0 Å². The van der Waals surface area contributed by atoms with E-state index < -0.39 is 0 Å². The third-order valence-electron chi connectivity index (χ3n) is 4.15. The van der Waals surface area contributed by atoms with Crippen molar-refractivity contribution in [3.05, 3.63) is 35.4 Å². The average molecular weight is 291 g/mol. The summed E-state index contributed by atoms with van der Waals surface area (Å²) in [6.45, 7) is 7.41. The van der Waals surface area contributed by atoms with Gasteiger partial charge in [0.2, 0.25) is 0 Å². The summed E-state index contributed by atoms with van der Waals surface area (Å²) < 4.78 is 5.93. The van der Waals surface area contributed by atoms with Gasteiger partial charge in [0.05, 0.1) is 19.3 Å². The van der Waals surface area contributed by atoms with Crippen LogP contribution in [0.3, 0.4) is 0 Å². The van der Waals surface area contributed by atoms with Crippen molar-refractivity contribution in [2.75, 3.05) is 6.61 Å². The molecule has 1 aromatic carbocycles. The Morgan fingerprint density at radius 1 is 1.24 bits per heavy atom. The summed E-state index contributed by atoms with van der Waals surface area (Å²) >= 11 is 0. The summed E-state index contributed by atoms with van der Waals surface area (Å²) in [6, 6.07) is 9.25. The quantitative estimate of drug-likeness (QED) is 0.773. The van der Waals surface area contributed by atoms with Gasteiger partial charge in [-0.25, -0.2) is 0 Å². The van der Waals surface area contributed by atoms with E-state index in [0.29, 0.717) is 24.7 Å².